The van der Waals surface area contributed by atoms with Gasteiger partial charge in [-0.1, -0.05) is 0 Å². The van der Waals surface area contributed by atoms with Gasteiger partial charge in [-0.05, 0) is 48.5 Å². The highest BCUT2D eigenvalue weighted by Gasteiger charge is 2.05. The third kappa shape index (κ3) is 3.07. The van der Waals surface area contributed by atoms with Crippen molar-refractivity contribution in [3.05, 3.63) is 54.3 Å². The smallest absolute Gasteiger partial charge is 0.175 e. The van der Waals surface area contributed by atoms with Crippen molar-refractivity contribution in [1.29, 1.82) is 0 Å². The first-order valence-corrected chi connectivity index (χ1v) is 7.17. The van der Waals surface area contributed by atoms with E-state index >= 15 is 0 Å². The highest BCUT2D eigenvalue weighted by Crippen LogP contribution is 2.19. The number of hydrogen-bond acceptors (Lipinski definition) is 3. The molecule has 0 atom stereocenters. The van der Waals surface area contributed by atoms with Gasteiger partial charge >= 0.3 is 0 Å². The summed E-state index contributed by atoms with van der Waals surface area (Å²) >= 11 is 0. The van der Waals surface area contributed by atoms with Crippen molar-refractivity contribution in [1.82, 2.24) is 0 Å². The van der Waals surface area contributed by atoms with E-state index in [-0.39, 0.29) is 10.7 Å². The van der Waals surface area contributed by atoms with Crippen LogP contribution in [0, 0.1) is 5.82 Å². The van der Waals surface area contributed by atoms with Crippen LogP contribution in [0.5, 0.6) is 0 Å². The Labute approximate surface area is 105 Å². The Hall–Kier alpha value is -1.88. The molecule has 3 nitrogen and oxygen atoms in total. The Morgan fingerprint density at radius 2 is 1.33 bits per heavy atom. The predicted molar refractivity (Wildman–Crippen MR) is 69.2 cm³/mol. The zero-order valence-corrected chi connectivity index (χ0v) is 10.5. The quantitative estimate of drug-likeness (QED) is 0.928. The Balaban J connectivity index is 2.18. The lowest BCUT2D eigenvalue weighted by molar-refractivity contribution is 0.602. The average molecular weight is 265 g/mol. The van der Waals surface area contributed by atoms with E-state index in [0.717, 1.165) is 17.6 Å². The van der Waals surface area contributed by atoms with Crippen LogP contribution >= 0.6 is 0 Å². The SMILES string of the molecule is CS(=O)(=O)c1ccc(Nc2ccc(F)cc2)cc1. The van der Waals surface area contributed by atoms with Gasteiger partial charge in [-0.3, -0.25) is 0 Å². The molecule has 0 fully saturated rings. The first-order valence-electron chi connectivity index (χ1n) is 5.28. The van der Waals surface area contributed by atoms with Crippen LogP contribution in [0.2, 0.25) is 0 Å². The first kappa shape index (κ1) is 12.6. The fraction of sp³-hybridized carbons (Fsp3) is 0.0769. The van der Waals surface area contributed by atoms with Crippen LogP contribution in [0.3, 0.4) is 0 Å². The highest BCUT2D eigenvalue weighted by atomic mass is 32.2. The van der Waals surface area contributed by atoms with E-state index in [9.17, 15) is 12.8 Å². The molecule has 2 aromatic carbocycles. The zero-order chi connectivity index (χ0) is 13.2. The third-order valence-electron chi connectivity index (χ3n) is 2.42. The summed E-state index contributed by atoms with van der Waals surface area (Å²) in [5, 5.41) is 3.05. The van der Waals surface area contributed by atoms with Gasteiger partial charge in [-0.15, -0.1) is 0 Å². The summed E-state index contributed by atoms with van der Waals surface area (Å²) in [5.74, 6) is -0.298. The van der Waals surface area contributed by atoms with Gasteiger partial charge in [0.25, 0.3) is 0 Å². The standard InChI is InChI=1S/C13H12FNO2S/c1-18(16,17)13-8-6-12(7-9-13)15-11-4-2-10(14)3-5-11/h2-9,15H,1H3. The molecule has 0 aliphatic heterocycles. The Kier molecular flexibility index (Phi) is 3.34. The van der Waals surface area contributed by atoms with Crippen LogP contribution < -0.4 is 5.32 Å². The largest absolute Gasteiger partial charge is 0.356 e. The van der Waals surface area contributed by atoms with Crippen LogP contribution in [0.15, 0.2) is 53.4 Å². The van der Waals surface area contributed by atoms with E-state index in [1.807, 2.05) is 0 Å². The minimum absolute atomic E-state index is 0.271. The van der Waals surface area contributed by atoms with Gasteiger partial charge < -0.3 is 5.32 Å². The molecule has 0 saturated heterocycles. The summed E-state index contributed by atoms with van der Waals surface area (Å²) in [6, 6.07) is 12.3. The number of rotatable bonds is 3. The molecule has 0 heterocycles. The first-order chi connectivity index (χ1) is 8.45. The van der Waals surface area contributed by atoms with Gasteiger partial charge in [0.05, 0.1) is 4.90 Å². The van der Waals surface area contributed by atoms with Crippen molar-refractivity contribution in [2.75, 3.05) is 11.6 Å². The van der Waals surface area contributed by atoms with Gasteiger partial charge in [0, 0.05) is 17.6 Å². The van der Waals surface area contributed by atoms with Crippen LogP contribution in [-0.4, -0.2) is 14.7 Å². The third-order valence-corrected chi connectivity index (χ3v) is 3.54. The van der Waals surface area contributed by atoms with E-state index in [1.165, 1.54) is 24.3 Å². The predicted octanol–water partition coefficient (Wildman–Crippen LogP) is 2.97. The van der Waals surface area contributed by atoms with E-state index in [0.29, 0.717) is 0 Å². The van der Waals surface area contributed by atoms with E-state index in [1.54, 1.807) is 24.3 Å². The minimum atomic E-state index is -3.18. The van der Waals surface area contributed by atoms with Gasteiger partial charge in [-0.2, -0.15) is 0 Å². The molecule has 2 rings (SSSR count). The van der Waals surface area contributed by atoms with E-state index in [4.69, 9.17) is 0 Å². The second-order valence-electron chi connectivity index (χ2n) is 3.93. The number of hydrogen-bond donors (Lipinski definition) is 1. The van der Waals surface area contributed by atoms with Gasteiger partial charge in [0.15, 0.2) is 9.84 Å². The molecule has 2 aromatic rings. The lowest BCUT2D eigenvalue weighted by Gasteiger charge is -2.06. The molecule has 18 heavy (non-hydrogen) atoms. The summed E-state index contributed by atoms with van der Waals surface area (Å²) in [5.41, 5.74) is 1.48. The number of benzene rings is 2. The lowest BCUT2D eigenvalue weighted by Crippen LogP contribution is -1.97. The van der Waals surface area contributed by atoms with Gasteiger partial charge in [-0.25, -0.2) is 12.8 Å². The molecule has 5 heteroatoms. The number of nitrogens with one attached hydrogen (secondary N) is 1. The monoisotopic (exact) mass is 265 g/mol. The summed E-state index contributed by atoms with van der Waals surface area (Å²) in [7, 11) is -3.18. The van der Waals surface area contributed by atoms with Crippen LogP contribution in [0.1, 0.15) is 0 Å². The summed E-state index contributed by atoms with van der Waals surface area (Å²) in [6.45, 7) is 0. The second kappa shape index (κ2) is 4.78. The summed E-state index contributed by atoms with van der Waals surface area (Å²) in [6.07, 6.45) is 1.16. The van der Waals surface area contributed by atoms with Crippen molar-refractivity contribution in [3.8, 4) is 0 Å². The average Bonchev–Trinajstić information content (AvgIpc) is 2.32. The maximum Gasteiger partial charge on any atom is 0.175 e. The van der Waals surface area contributed by atoms with Crippen molar-refractivity contribution < 1.29 is 12.8 Å². The summed E-state index contributed by atoms with van der Waals surface area (Å²) in [4.78, 5) is 0.271. The molecule has 0 unspecified atom stereocenters. The lowest BCUT2D eigenvalue weighted by atomic mass is 10.2. The maximum atomic E-state index is 12.7. The molecule has 0 aromatic heterocycles. The second-order valence-corrected chi connectivity index (χ2v) is 5.94. The van der Waals surface area contributed by atoms with Gasteiger partial charge in [0.2, 0.25) is 0 Å². The molecule has 0 aliphatic carbocycles. The molecule has 0 aliphatic rings. The topological polar surface area (TPSA) is 46.2 Å². The van der Waals surface area contributed by atoms with E-state index in [2.05, 4.69) is 5.32 Å². The normalized spacial score (nSPS) is 11.2. The molecular formula is C13H12FNO2S. The fourth-order valence-corrected chi connectivity index (χ4v) is 2.12. The number of anilines is 2. The summed E-state index contributed by atoms with van der Waals surface area (Å²) < 4.78 is 35.3. The molecule has 0 saturated carbocycles. The molecular weight excluding hydrogens is 253 g/mol. The Morgan fingerprint density at radius 3 is 1.78 bits per heavy atom. The zero-order valence-electron chi connectivity index (χ0n) is 9.72. The van der Waals surface area contributed by atoms with Crippen molar-refractivity contribution in [2.24, 2.45) is 0 Å². The maximum absolute atomic E-state index is 12.7. The van der Waals surface area contributed by atoms with E-state index < -0.39 is 9.84 Å². The number of halogens is 1. The molecule has 0 spiro atoms. The number of sulfone groups is 1. The Bertz CT molecular complexity index is 634. The van der Waals surface area contributed by atoms with Crippen molar-refractivity contribution in [2.45, 2.75) is 4.90 Å². The molecule has 0 radical (unpaired) electrons. The fourth-order valence-electron chi connectivity index (χ4n) is 1.49. The van der Waals surface area contributed by atoms with Gasteiger partial charge in [0.1, 0.15) is 5.82 Å². The van der Waals surface area contributed by atoms with Crippen molar-refractivity contribution >= 4 is 21.2 Å². The molecule has 0 bridgehead atoms. The molecule has 1 N–H and O–H groups in total. The highest BCUT2D eigenvalue weighted by molar-refractivity contribution is 7.90. The minimum Gasteiger partial charge on any atom is -0.356 e. The van der Waals surface area contributed by atoms with Crippen LogP contribution in [-0.2, 0) is 9.84 Å². The van der Waals surface area contributed by atoms with Crippen LogP contribution in [0.4, 0.5) is 15.8 Å². The Morgan fingerprint density at radius 1 is 0.889 bits per heavy atom. The van der Waals surface area contributed by atoms with Crippen LogP contribution in [0.25, 0.3) is 0 Å². The molecule has 0 amide bonds. The van der Waals surface area contributed by atoms with Crippen molar-refractivity contribution in [3.63, 3.8) is 0 Å². The molecule has 94 valence electrons.